The second-order valence-corrected chi connectivity index (χ2v) is 4.51. The summed E-state index contributed by atoms with van der Waals surface area (Å²) in [5.74, 6) is 1.87. The Labute approximate surface area is 91.1 Å². The van der Waals surface area contributed by atoms with Crippen LogP contribution < -0.4 is 5.32 Å². The molecule has 1 heterocycles. The average molecular weight is 208 g/mol. The maximum Gasteiger partial charge on any atom is 0.140 e. The van der Waals surface area contributed by atoms with Crippen LogP contribution in [-0.4, -0.2) is 20.8 Å². The fourth-order valence-corrected chi connectivity index (χ4v) is 2.36. The van der Waals surface area contributed by atoms with Crippen LogP contribution in [-0.2, 0) is 13.6 Å². The van der Waals surface area contributed by atoms with Gasteiger partial charge in [-0.05, 0) is 25.7 Å². The minimum absolute atomic E-state index is 0.601. The molecule has 1 saturated carbocycles. The Morgan fingerprint density at radius 2 is 2.27 bits per heavy atom. The van der Waals surface area contributed by atoms with E-state index in [0.29, 0.717) is 6.04 Å². The first-order valence-corrected chi connectivity index (χ1v) is 5.83. The highest BCUT2D eigenvalue weighted by Crippen LogP contribution is 2.27. The number of nitrogens with one attached hydrogen (secondary N) is 1. The molecule has 15 heavy (non-hydrogen) atoms. The van der Waals surface area contributed by atoms with Crippen LogP contribution in [0, 0.1) is 5.92 Å². The largest absolute Gasteiger partial charge is 0.307 e. The molecule has 1 aromatic rings. The zero-order valence-electron chi connectivity index (χ0n) is 9.61. The molecule has 1 fully saturated rings. The van der Waals surface area contributed by atoms with Crippen molar-refractivity contribution in [2.75, 3.05) is 0 Å². The minimum Gasteiger partial charge on any atom is -0.307 e. The van der Waals surface area contributed by atoms with Gasteiger partial charge in [0.2, 0.25) is 0 Å². The molecule has 4 heteroatoms. The van der Waals surface area contributed by atoms with Crippen LogP contribution in [0.3, 0.4) is 0 Å². The molecule has 2 rings (SSSR count). The Hall–Kier alpha value is -0.900. The maximum absolute atomic E-state index is 4.20. The number of hydrogen-bond acceptors (Lipinski definition) is 3. The summed E-state index contributed by atoms with van der Waals surface area (Å²) in [5.41, 5.74) is 0. The van der Waals surface area contributed by atoms with E-state index in [4.69, 9.17) is 0 Å². The predicted octanol–water partition coefficient (Wildman–Crippen LogP) is 1.48. The Bertz CT molecular complexity index is 301. The Morgan fingerprint density at radius 3 is 2.87 bits per heavy atom. The Kier molecular flexibility index (Phi) is 3.36. The number of nitrogens with zero attached hydrogens (tertiary/aromatic N) is 3. The normalized spacial score (nSPS) is 19.6. The Balaban J connectivity index is 1.80. The highest BCUT2D eigenvalue weighted by atomic mass is 15.3. The summed E-state index contributed by atoms with van der Waals surface area (Å²) in [6, 6.07) is 0.601. The number of rotatable bonds is 4. The summed E-state index contributed by atoms with van der Waals surface area (Å²) >= 11 is 0. The van der Waals surface area contributed by atoms with Gasteiger partial charge in [-0.2, -0.15) is 5.10 Å². The van der Waals surface area contributed by atoms with Crippen LogP contribution in [0.1, 0.15) is 38.4 Å². The van der Waals surface area contributed by atoms with Gasteiger partial charge in [-0.1, -0.05) is 12.8 Å². The number of aromatic nitrogens is 3. The van der Waals surface area contributed by atoms with E-state index in [1.54, 1.807) is 6.33 Å². The van der Waals surface area contributed by atoms with E-state index in [-0.39, 0.29) is 0 Å². The highest BCUT2D eigenvalue weighted by molar-refractivity contribution is 4.85. The smallest absolute Gasteiger partial charge is 0.140 e. The SMILES string of the molecule is CC(NCc1ncnn1C)C1CCCC1. The summed E-state index contributed by atoms with van der Waals surface area (Å²) in [4.78, 5) is 4.20. The molecule has 1 atom stereocenters. The van der Waals surface area contributed by atoms with Crippen molar-refractivity contribution in [1.82, 2.24) is 20.1 Å². The van der Waals surface area contributed by atoms with Gasteiger partial charge in [0.15, 0.2) is 0 Å². The molecule has 4 nitrogen and oxygen atoms in total. The van der Waals surface area contributed by atoms with Crippen LogP contribution >= 0.6 is 0 Å². The molecular formula is C11H20N4. The molecule has 0 aromatic carbocycles. The van der Waals surface area contributed by atoms with E-state index in [9.17, 15) is 0 Å². The minimum atomic E-state index is 0.601. The Morgan fingerprint density at radius 1 is 1.53 bits per heavy atom. The molecule has 0 bridgehead atoms. The van der Waals surface area contributed by atoms with Crippen LogP contribution in [0.25, 0.3) is 0 Å². The third-order valence-corrected chi connectivity index (χ3v) is 3.49. The van der Waals surface area contributed by atoms with Gasteiger partial charge in [0.1, 0.15) is 12.2 Å². The summed E-state index contributed by atoms with van der Waals surface area (Å²) in [6.07, 6.45) is 7.18. The fraction of sp³-hybridized carbons (Fsp3) is 0.818. The third kappa shape index (κ3) is 2.56. The first-order chi connectivity index (χ1) is 7.27. The molecule has 1 aliphatic carbocycles. The molecule has 84 valence electrons. The molecule has 1 aliphatic rings. The van der Waals surface area contributed by atoms with Crippen molar-refractivity contribution in [3.8, 4) is 0 Å². The number of aryl methyl sites for hydroxylation is 1. The maximum atomic E-state index is 4.20. The predicted molar refractivity (Wildman–Crippen MR) is 59.3 cm³/mol. The molecule has 1 aromatic heterocycles. The van der Waals surface area contributed by atoms with Crippen LogP contribution in [0.4, 0.5) is 0 Å². The zero-order valence-corrected chi connectivity index (χ0v) is 9.61. The van der Waals surface area contributed by atoms with Gasteiger partial charge < -0.3 is 5.32 Å². The standard InChI is InChI=1S/C11H20N4/c1-9(10-5-3-4-6-10)12-7-11-13-8-14-15(11)2/h8-10,12H,3-7H2,1-2H3. The molecule has 0 spiro atoms. The fourth-order valence-electron chi connectivity index (χ4n) is 2.36. The van der Waals surface area contributed by atoms with E-state index >= 15 is 0 Å². The zero-order chi connectivity index (χ0) is 10.7. The lowest BCUT2D eigenvalue weighted by Crippen LogP contribution is -2.32. The van der Waals surface area contributed by atoms with Crippen molar-refractivity contribution in [2.24, 2.45) is 13.0 Å². The molecular weight excluding hydrogens is 188 g/mol. The van der Waals surface area contributed by atoms with E-state index in [1.807, 2.05) is 11.7 Å². The second-order valence-electron chi connectivity index (χ2n) is 4.51. The van der Waals surface area contributed by atoms with Gasteiger partial charge in [0, 0.05) is 13.1 Å². The molecule has 0 saturated heterocycles. The van der Waals surface area contributed by atoms with E-state index in [2.05, 4.69) is 22.3 Å². The van der Waals surface area contributed by atoms with Crippen molar-refractivity contribution in [2.45, 2.75) is 45.2 Å². The summed E-state index contributed by atoms with van der Waals surface area (Å²) in [6.45, 7) is 3.11. The summed E-state index contributed by atoms with van der Waals surface area (Å²) in [7, 11) is 1.93. The van der Waals surface area contributed by atoms with Crippen molar-refractivity contribution in [1.29, 1.82) is 0 Å². The van der Waals surface area contributed by atoms with Gasteiger partial charge in [-0.3, -0.25) is 4.68 Å². The monoisotopic (exact) mass is 208 g/mol. The summed E-state index contributed by atoms with van der Waals surface area (Å²) < 4.78 is 1.83. The molecule has 0 radical (unpaired) electrons. The van der Waals surface area contributed by atoms with E-state index < -0.39 is 0 Å². The third-order valence-electron chi connectivity index (χ3n) is 3.49. The highest BCUT2D eigenvalue weighted by Gasteiger charge is 2.21. The van der Waals surface area contributed by atoms with Crippen molar-refractivity contribution in [3.63, 3.8) is 0 Å². The lowest BCUT2D eigenvalue weighted by molar-refractivity contribution is 0.374. The van der Waals surface area contributed by atoms with Crippen molar-refractivity contribution in [3.05, 3.63) is 12.2 Å². The first kappa shape index (κ1) is 10.6. The van der Waals surface area contributed by atoms with E-state index in [0.717, 1.165) is 18.3 Å². The lowest BCUT2D eigenvalue weighted by atomic mass is 10.00. The van der Waals surface area contributed by atoms with Gasteiger partial charge in [-0.15, -0.1) is 0 Å². The second kappa shape index (κ2) is 4.75. The van der Waals surface area contributed by atoms with Gasteiger partial charge in [0.25, 0.3) is 0 Å². The van der Waals surface area contributed by atoms with Crippen LogP contribution in [0.15, 0.2) is 6.33 Å². The molecule has 1 N–H and O–H groups in total. The topological polar surface area (TPSA) is 42.7 Å². The number of hydrogen-bond donors (Lipinski definition) is 1. The van der Waals surface area contributed by atoms with Gasteiger partial charge in [0.05, 0.1) is 6.54 Å². The van der Waals surface area contributed by atoms with Crippen LogP contribution in [0.5, 0.6) is 0 Å². The average Bonchev–Trinajstić information content (AvgIpc) is 2.85. The molecule has 0 aliphatic heterocycles. The molecule has 0 amide bonds. The van der Waals surface area contributed by atoms with Crippen molar-refractivity contribution < 1.29 is 0 Å². The first-order valence-electron chi connectivity index (χ1n) is 5.83. The van der Waals surface area contributed by atoms with Crippen LogP contribution in [0.2, 0.25) is 0 Å². The lowest BCUT2D eigenvalue weighted by Gasteiger charge is -2.19. The molecule has 1 unspecified atom stereocenters. The quantitative estimate of drug-likeness (QED) is 0.815. The van der Waals surface area contributed by atoms with Gasteiger partial charge in [-0.25, -0.2) is 4.98 Å². The van der Waals surface area contributed by atoms with Crippen molar-refractivity contribution >= 4 is 0 Å². The van der Waals surface area contributed by atoms with E-state index in [1.165, 1.54) is 25.7 Å². The summed E-state index contributed by atoms with van der Waals surface area (Å²) in [5, 5.41) is 7.60. The van der Waals surface area contributed by atoms with Gasteiger partial charge >= 0.3 is 0 Å².